The lowest BCUT2D eigenvalue weighted by Crippen LogP contribution is -2.16. The van der Waals surface area contributed by atoms with E-state index in [2.05, 4.69) is 27.4 Å². The molecule has 4 rings (SSSR count). The van der Waals surface area contributed by atoms with Crippen LogP contribution in [0.1, 0.15) is 16.8 Å². The Morgan fingerprint density at radius 2 is 1.61 bits per heavy atom. The van der Waals surface area contributed by atoms with Crippen molar-refractivity contribution in [1.29, 1.82) is 0 Å². The fourth-order valence-electron chi connectivity index (χ4n) is 3.24. The molecule has 28 heavy (non-hydrogen) atoms. The van der Waals surface area contributed by atoms with E-state index in [1.165, 1.54) is 5.56 Å². The topological polar surface area (TPSA) is 83.8 Å². The van der Waals surface area contributed by atoms with E-state index in [0.717, 1.165) is 29.7 Å². The lowest BCUT2D eigenvalue weighted by molar-refractivity contribution is 1.02. The van der Waals surface area contributed by atoms with E-state index in [1.807, 2.05) is 54.6 Å². The fraction of sp³-hybridized carbons (Fsp3) is 0.130. The van der Waals surface area contributed by atoms with Crippen LogP contribution in [0.25, 0.3) is 11.0 Å². The first kappa shape index (κ1) is 17.8. The minimum atomic E-state index is -0.180. The van der Waals surface area contributed by atoms with Crippen molar-refractivity contribution in [2.24, 2.45) is 0 Å². The molecule has 1 aromatic heterocycles. The first-order valence-corrected chi connectivity index (χ1v) is 9.33. The minimum absolute atomic E-state index is 0.180. The summed E-state index contributed by atoms with van der Waals surface area (Å²) in [7, 11) is 0. The highest BCUT2D eigenvalue weighted by molar-refractivity contribution is 5.86. The zero-order valence-corrected chi connectivity index (χ0v) is 15.5. The Labute approximate surface area is 163 Å². The smallest absolute Gasteiger partial charge is 0.270 e. The van der Waals surface area contributed by atoms with Crippen LogP contribution in [0, 0.1) is 0 Å². The van der Waals surface area contributed by atoms with Crippen molar-refractivity contribution >= 4 is 22.4 Å². The molecule has 0 aliphatic rings. The van der Waals surface area contributed by atoms with E-state index in [-0.39, 0.29) is 5.56 Å². The number of nitrogen functional groups attached to an aromatic ring is 1. The van der Waals surface area contributed by atoms with E-state index in [9.17, 15) is 4.79 Å². The average molecular weight is 370 g/mol. The first-order chi connectivity index (χ1) is 13.7. The molecule has 0 unspecified atom stereocenters. The summed E-state index contributed by atoms with van der Waals surface area (Å²) in [5, 5.41) is 3.38. The van der Waals surface area contributed by atoms with Crippen LogP contribution in [-0.4, -0.2) is 16.5 Å². The van der Waals surface area contributed by atoms with Gasteiger partial charge in [0.05, 0.1) is 22.4 Å². The molecule has 0 spiro atoms. The van der Waals surface area contributed by atoms with Gasteiger partial charge >= 0.3 is 0 Å². The van der Waals surface area contributed by atoms with Gasteiger partial charge in [-0.05, 0) is 29.7 Å². The SMILES string of the molecule is Nc1cc2[nH]c(=O)c(Cc3ccccc3)nc2cc1NCCc1ccccc1. The largest absolute Gasteiger partial charge is 0.397 e. The molecule has 4 aromatic rings. The summed E-state index contributed by atoms with van der Waals surface area (Å²) in [5.74, 6) is 0. The predicted molar refractivity (Wildman–Crippen MR) is 115 cm³/mol. The Bertz CT molecular complexity index is 1140. The van der Waals surface area contributed by atoms with Crippen LogP contribution >= 0.6 is 0 Å². The van der Waals surface area contributed by atoms with Crippen LogP contribution in [0.3, 0.4) is 0 Å². The number of benzene rings is 3. The second-order valence-electron chi connectivity index (χ2n) is 6.79. The molecule has 0 aliphatic carbocycles. The van der Waals surface area contributed by atoms with Gasteiger partial charge in [-0.3, -0.25) is 4.79 Å². The van der Waals surface area contributed by atoms with Crippen molar-refractivity contribution in [3.8, 4) is 0 Å². The molecule has 140 valence electrons. The maximum absolute atomic E-state index is 12.4. The molecule has 0 fully saturated rings. The molecule has 0 aliphatic heterocycles. The Balaban J connectivity index is 1.57. The van der Waals surface area contributed by atoms with Crippen LogP contribution in [0.15, 0.2) is 77.6 Å². The molecule has 0 saturated carbocycles. The summed E-state index contributed by atoms with van der Waals surface area (Å²) >= 11 is 0. The molecule has 4 N–H and O–H groups in total. The number of rotatable bonds is 6. The van der Waals surface area contributed by atoms with Gasteiger partial charge in [0.2, 0.25) is 0 Å². The van der Waals surface area contributed by atoms with Crippen LogP contribution < -0.4 is 16.6 Å². The second-order valence-corrected chi connectivity index (χ2v) is 6.79. The van der Waals surface area contributed by atoms with Gasteiger partial charge in [0.15, 0.2) is 0 Å². The summed E-state index contributed by atoms with van der Waals surface area (Å²) in [5.41, 5.74) is 11.6. The van der Waals surface area contributed by atoms with E-state index >= 15 is 0 Å². The number of nitrogens with one attached hydrogen (secondary N) is 2. The molecular formula is C23H22N4O. The number of H-pyrrole nitrogens is 1. The lowest BCUT2D eigenvalue weighted by atomic mass is 10.1. The van der Waals surface area contributed by atoms with Crippen LogP contribution in [0.2, 0.25) is 0 Å². The number of nitrogens with two attached hydrogens (primary N) is 1. The third-order valence-electron chi connectivity index (χ3n) is 4.72. The van der Waals surface area contributed by atoms with E-state index in [4.69, 9.17) is 5.73 Å². The number of hydrogen-bond donors (Lipinski definition) is 3. The average Bonchev–Trinajstić information content (AvgIpc) is 2.71. The van der Waals surface area contributed by atoms with Crippen LogP contribution in [0.4, 0.5) is 11.4 Å². The number of hydrogen-bond acceptors (Lipinski definition) is 4. The molecule has 5 heteroatoms. The first-order valence-electron chi connectivity index (χ1n) is 9.33. The maximum atomic E-state index is 12.4. The van der Waals surface area contributed by atoms with Crippen molar-refractivity contribution in [2.75, 3.05) is 17.6 Å². The molecule has 0 bridgehead atoms. The zero-order valence-electron chi connectivity index (χ0n) is 15.5. The molecule has 5 nitrogen and oxygen atoms in total. The Morgan fingerprint density at radius 1 is 0.929 bits per heavy atom. The highest BCUT2D eigenvalue weighted by Gasteiger charge is 2.09. The molecule has 0 amide bonds. The summed E-state index contributed by atoms with van der Waals surface area (Å²) in [6.07, 6.45) is 1.39. The van der Waals surface area contributed by atoms with Gasteiger partial charge in [0.1, 0.15) is 5.69 Å². The Kier molecular flexibility index (Phi) is 5.06. The van der Waals surface area contributed by atoms with Crippen molar-refractivity contribution in [2.45, 2.75) is 12.8 Å². The third kappa shape index (κ3) is 4.04. The summed E-state index contributed by atoms with van der Waals surface area (Å²) in [6, 6.07) is 23.8. The second kappa shape index (κ2) is 7.96. The van der Waals surface area contributed by atoms with Crippen molar-refractivity contribution < 1.29 is 0 Å². The van der Waals surface area contributed by atoms with Gasteiger partial charge < -0.3 is 16.0 Å². The molecule has 0 radical (unpaired) electrons. The number of anilines is 2. The van der Waals surface area contributed by atoms with Gasteiger partial charge in [0, 0.05) is 13.0 Å². The normalized spacial score (nSPS) is 10.9. The van der Waals surface area contributed by atoms with Crippen molar-refractivity contribution in [3.05, 3.63) is 100.0 Å². The van der Waals surface area contributed by atoms with Crippen LogP contribution in [-0.2, 0) is 12.8 Å². The standard InChI is InChI=1S/C23H22N4O/c24-18-14-20-21(15-19(18)25-12-11-16-7-3-1-4-8-16)26-22(23(28)27-20)13-17-9-5-2-6-10-17/h1-10,14-15,25H,11-13,24H2,(H,27,28). The quantitative estimate of drug-likeness (QED) is 0.451. The summed E-state index contributed by atoms with van der Waals surface area (Å²) in [4.78, 5) is 19.9. The summed E-state index contributed by atoms with van der Waals surface area (Å²) < 4.78 is 0. The Morgan fingerprint density at radius 3 is 2.32 bits per heavy atom. The summed E-state index contributed by atoms with van der Waals surface area (Å²) in [6.45, 7) is 0.764. The van der Waals surface area contributed by atoms with Gasteiger partial charge in [-0.1, -0.05) is 60.7 Å². The van der Waals surface area contributed by atoms with E-state index in [0.29, 0.717) is 23.3 Å². The fourth-order valence-corrected chi connectivity index (χ4v) is 3.24. The van der Waals surface area contributed by atoms with Crippen molar-refractivity contribution in [3.63, 3.8) is 0 Å². The highest BCUT2D eigenvalue weighted by Crippen LogP contribution is 2.23. The zero-order chi connectivity index (χ0) is 19.3. The maximum Gasteiger partial charge on any atom is 0.270 e. The van der Waals surface area contributed by atoms with E-state index in [1.54, 1.807) is 6.07 Å². The molecule has 1 heterocycles. The monoisotopic (exact) mass is 370 g/mol. The number of nitrogens with zero attached hydrogens (tertiary/aromatic N) is 1. The highest BCUT2D eigenvalue weighted by atomic mass is 16.1. The number of aromatic nitrogens is 2. The van der Waals surface area contributed by atoms with Crippen LogP contribution in [0.5, 0.6) is 0 Å². The van der Waals surface area contributed by atoms with Gasteiger partial charge in [-0.2, -0.15) is 0 Å². The molecule has 3 aromatic carbocycles. The third-order valence-corrected chi connectivity index (χ3v) is 4.72. The molecule has 0 atom stereocenters. The minimum Gasteiger partial charge on any atom is -0.397 e. The van der Waals surface area contributed by atoms with Gasteiger partial charge in [-0.25, -0.2) is 4.98 Å². The lowest BCUT2D eigenvalue weighted by Gasteiger charge is -2.11. The Hall–Kier alpha value is -3.60. The van der Waals surface area contributed by atoms with E-state index < -0.39 is 0 Å². The van der Waals surface area contributed by atoms with Gasteiger partial charge in [-0.15, -0.1) is 0 Å². The van der Waals surface area contributed by atoms with Gasteiger partial charge in [0.25, 0.3) is 5.56 Å². The molecular weight excluding hydrogens is 348 g/mol. The van der Waals surface area contributed by atoms with Crippen molar-refractivity contribution in [1.82, 2.24) is 9.97 Å². The number of aromatic amines is 1. The predicted octanol–water partition coefficient (Wildman–Crippen LogP) is 3.75. The number of fused-ring (bicyclic) bond motifs is 1. The molecule has 0 saturated heterocycles.